The number of hydrogen-bond donors (Lipinski definition) is 3. The Morgan fingerprint density at radius 1 is 1.00 bits per heavy atom. The number of aliphatic hydroxyl groups excluding tert-OH is 3. The van der Waals surface area contributed by atoms with Crippen LogP contribution in [0.3, 0.4) is 0 Å². The number of methoxy groups -OCH3 is 1. The smallest absolute Gasteiger partial charge is 0.497 e. The van der Waals surface area contributed by atoms with E-state index in [0.717, 1.165) is 6.07 Å². The van der Waals surface area contributed by atoms with Crippen molar-refractivity contribution in [3.05, 3.63) is 59.2 Å². The second-order valence-corrected chi connectivity index (χ2v) is 6.81. The third kappa shape index (κ3) is 5.01. The molecule has 0 spiro atoms. The van der Waals surface area contributed by atoms with E-state index in [1.165, 1.54) is 19.2 Å². The molecule has 3 N–H and O–H groups in total. The van der Waals surface area contributed by atoms with Gasteiger partial charge >= 0.3 is 6.36 Å². The van der Waals surface area contributed by atoms with Crippen molar-refractivity contribution >= 4 is 0 Å². The Morgan fingerprint density at radius 3 is 2.27 bits per heavy atom. The van der Waals surface area contributed by atoms with Gasteiger partial charge in [-0.1, -0.05) is 18.2 Å². The molecule has 2 aromatic rings. The molecule has 164 valence electrons. The van der Waals surface area contributed by atoms with Gasteiger partial charge in [-0.3, -0.25) is 0 Å². The first-order chi connectivity index (χ1) is 14.1. The van der Waals surface area contributed by atoms with Gasteiger partial charge in [0.25, 0.3) is 0 Å². The molecule has 0 aromatic heterocycles. The zero-order chi connectivity index (χ0) is 22.1. The van der Waals surface area contributed by atoms with Crippen LogP contribution in [0.15, 0.2) is 42.5 Å². The second kappa shape index (κ2) is 8.76. The van der Waals surface area contributed by atoms with Crippen molar-refractivity contribution in [2.45, 2.75) is 43.6 Å². The quantitative estimate of drug-likeness (QED) is 0.630. The minimum atomic E-state index is -4.93. The van der Waals surface area contributed by atoms with Crippen molar-refractivity contribution in [2.75, 3.05) is 7.11 Å². The molecule has 1 unspecified atom stereocenters. The third-order valence-electron chi connectivity index (χ3n) is 4.74. The summed E-state index contributed by atoms with van der Waals surface area (Å²) in [7, 11) is 1.48. The summed E-state index contributed by atoms with van der Waals surface area (Å²) in [6.45, 7) is 0. The van der Waals surface area contributed by atoms with Gasteiger partial charge in [-0.05, 0) is 41.0 Å². The molecule has 1 aliphatic heterocycles. The van der Waals surface area contributed by atoms with E-state index in [9.17, 15) is 32.9 Å². The van der Waals surface area contributed by atoms with Crippen LogP contribution >= 0.6 is 0 Å². The number of alkyl halides is 4. The Hall–Kier alpha value is -2.40. The minimum absolute atomic E-state index is 0.0307. The van der Waals surface area contributed by atoms with Crippen LogP contribution in [0, 0.1) is 0 Å². The molecular weight excluding hydrogens is 412 g/mol. The number of ether oxygens (including phenoxy) is 3. The summed E-state index contributed by atoms with van der Waals surface area (Å²) in [6, 6.07) is 10.1. The van der Waals surface area contributed by atoms with Crippen molar-refractivity contribution in [1.29, 1.82) is 0 Å². The molecule has 5 atom stereocenters. The summed E-state index contributed by atoms with van der Waals surface area (Å²) in [4.78, 5) is 0. The van der Waals surface area contributed by atoms with Gasteiger partial charge in [0.2, 0.25) is 0 Å². The summed E-state index contributed by atoms with van der Waals surface area (Å²) in [5, 5.41) is 29.5. The number of halogens is 4. The zero-order valence-corrected chi connectivity index (χ0v) is 15.7. The van der Waals surface area contributed by atoms with Gasteiger partial charge in [0.1, 0.15) is 29.8 Å². The Kier molecular flexibility index (Phi) is 6.51. The topological polar surface area (TPSA) is 88.4 Å². The normalized spacial score (nSPS) is 27.0. The number of hydrogen-bond acceptors (Lipinski definition) is 6. The van der Waals surface area contributed by atoms with Gasteiger partial charge in [0.15, 0.2) is 12.5 Å². The average molecular weight is 432 g/mol. The fourth-order valence-electron chi connectivity index (χ4n) is 3.22. The van der Waals surface area contributed by atoms with Crippen LogP contribution in [-0.4, -0.2) is 53.5 Å². The SMILES string of the molecule is COc1ccc(Cc2cc([C@@H]3O[C@H](O)C(F)[C@H](O)[C@H]3O)ccc2OC(F)(F)F)cc1. The lowest BCUT2D eigenvalue weighted by Gasteiger charge is -2.37. The van der Waals surface area contributed by atoms with E-state index in [1.807, 2.05) is 0 Å². The molecule has 0 amide bonds. The second-order valence-electron chi connectivity index (χ2n) is 6.81. The van der Waals surface area contributed by atoms with E-state index in [-0.39, 0.29) is 17.5 Å². The maximum atomic E-state index is 13.6. The molecule has 1 aliphatic rings. The highest BCUT2D eigenvalue weighted by atomic mass is 19.4. The summed E-state index contributed by atoms with van der Waals surface area (Å²) < 4.78 is 66.3. The maximum absolute atomic E-state index is 13.6. The number of aliphatic hydroxyl groups is 3. The lowest BCUT2D eigenvalue weighted by atomic mass is 9.92. The maximum Gasteiger partial charge on any atom is 0.573 e. The average Bonchev–Trinajstić information content (AvgIpc) is 2.70. The first-order valence-corrected chi connectivity index (χ1v) is 8.94. The van der Waals surface area contributed by atoms with E-state index < -0.39 is 42.9 Å². The predicted molar refractivity (Wildman–Crippen MR) is 95.7 cm³/mol. The van der Waals surface area contributed by atoms with E-state index in [4.69, 9.17) is 9.47 Å². The Morgan fingerprint density at radius 2 is 1.67 bits per heavy atom. The van der Waals surface area contributed by atoms with Gasteiger partial charge in [0, 0.05) is 6.42 Å². The third-order valence-corrected chi connectivity index (χ3v) is 4.74. The first-order valence-electron chi connectivity index (χ1n) is 8.94. The van der Waals surface area contributed by atoms with Crippen molar-refractivity contribution in [2.24, 2.45) is 0 Å². The molecule has 0 saturated carbocycles. The lowest BCUT2D eigenvalue weighted by molar-refractivity contribution is -0.275. The minimum Gasteiger partial charge on any atom is -0.497 e. The highest BCUT2D eigenvalue weighted by molar-refractivity contribution is 5.42. The Balaban J connectivity index is 1.95. The summed E-state index contributed by atoms with van der Waals surface area (Å²) in [6.07, 6.45) is -14.1. The molecule has 30 heavy (non-hydrogen) atoms. The van der Waals surface area contributed by atoms with Crippen LogP contribution in [0.2, 0.25) is 0 Å². The lowest BCUT2D eigenvalue weighted by Crippen LogP contribution is -2.52. The highest BCUT2D eigenvalue weighted by Crippen LogP contribution is 2.36. The summed E-state index contributed by atoms with van der Waals surface area (Å²) in [5.41, 5.74) is 0.900. The van der Waals surface area contributed by atoms with Crippen LogP contribution in [0.25, 0.3) is 0 Å². The first kappa shape index (κ1) is 22.3. The van der Waals surface area contributed by atoms with Gasteiger partial charge in [-0.15, -0.1) is 13.2 Å². The molecule has 1 fully saturated rings. The van der Waals surface area contributed by atoms with Crippen LogP contribution < -0.4 is 9.47 Å². The Bertz CT molecular complexity index is 857. The number of benzene rings is 2. The van der Waals surface area contributed by atoms with Gasteiger partial charge in [-0.2, -0.15) is 0 Å². The monoisotopic (exact) mass is 432 g/mol. The van der Waals surface area contributed by atoms with Gasteiger partial charge in [-0.25, -0.2) is 4.39 Å². The van der Waals surface area contributed by atoms with Gasteiger partial charge < -0.3 is 29.5 Å². The zero-order valence-electron chi connectivity index (χ0n) is 15.7. The van der Waals surface area contributed by atoms with Crippen molar-refractivity contribution < 1.29 is 47.1 Å². The molecule has 2 aromatic carbocycles. The fourth-order valence-corrected chi connectivity index (χ4v) is 3.22. The van der Waals surface area contributed by atoms with E-state index in [1.54, 1.807) is 24.3 Å². The van der Waals surface area contributed by atoms with Crippen LogP contribution in [0.1, 0.15) is 22.8 Å². The fraction of sp³-hybridized carbons (Fsp3) is 0.400. The molecular formula is C20H20F4O6. The summed E-state index contributed by atoms with van der Waals surface area (Å²) >= 11 is 0. The Labute approximate surface area is 169 Å². The van der Waals surface area contributed by atoms with E-state index in [0.29, 0.717) is 11.3 Å². The molecule has 10 heteroatoms. The van der Waals surface area contributed by atoms with E-state index in [2.05, 4.69) is 4.74 Å². The molecule has 0 radical (unpaired) electrons. The molecule has 3 rings (SSSR count). The molecule has 1 saturated heterocycles. The van der Waals surface area contributed by atoms with Crippen molar-refractivity contribution in [1.82, 2.24) is 0 Å². The molecule has 0 bridgehead atoms. The van der Waals surface area contributed by atoms with E-state index >= 15 is 0 Å². The van der Waals surface area contributed by atoms with Gasteiger partial charge in [0.05, 0.1) is 7.11 Å². The molecule has 6 nitrogen and oxygen atoms in total. The predicted octanol–water partition coefficient (Wildman–Crippen LogP) is 2.63. The van der Waals surface area contributed by atoms with Crippen LogP contribution in [0.5, 0.6) is 11.5 Å². The summed E-state index contributed by atoms with van der Waals surface area (Å²) in [5.74, 6) is 0.110. The molecule has 1 heterocycles. The largest absolute Gasteiger partial charge is 0.573 e. The van der Waals surface area contributed by atoms with Crippen molar-refractivity contribution in [3.8, 4) is 11.5 Å². The van der Waals surface area contributed by atoms with Crippen LogP contribution in [0.4, 0.5) is 17.6 Å². The number of rotatable bonds is 5. The molecule has 0 aliphatic carbocycles. The van der Waals surface area contributed by atoms with Crippen LogP contribution in [-0.2, 0) is 11.2 Å². The highest BCUT2D eigenvalue weighted by Gasteiger charge is 2.45. The van der Waals surface area contributed by atoms with Crippen molar-refractivity contribution in [3.63, 3.8) is 0 Å². The standard InChI is InChI=1S/C20H20F4O6/c1-28-13-5-2-10(3-6-13)8-12-9-11(4-7-14(12)30-20(22,23)24)18-17(26)16(25)15(21)19(27)29-18/h2-7,9,15-19,25-27H,8H2,1H3/t15?,16-,17+,18-,19-/m0/s1.